The van der Waals surface area contributed by atoms with Gasteiger partial charge in [-0.25, -0.2) is 0 Å². The van der Waals surface area contributed by atoms with Crippen molar-refractivity contribution in [2.24, 2.45) is 0 Å². The van der Waals surface area contributed by atoms with E-state index in [1.165, 1.54) is 0 Å². The lowest BCUT2D eigenvalue weighted by Gasteiger charge is -2.39. The minimum Gasteiger partial charge on any atom is -0.423 e. The Labute approximate surface area is 178 Å². The van der Waals surface area contributed by atoms with E-state index in [2.05, 4.69) is 15.2 Å². The molecular formula is C22H32BN3O4. The second kappa shape index (κ2) is 9.04. The van der Waals surface area contributed by atoms with Crippen molar-refractivity contribution >= 4 is 18.3 Å². The molecule has 0 aliphatic carbocycles. The Morgan fingerprint density at radius 2 is 2.00 bits per heavy atom. The summed E-state index contributed by atoms with van der Waals surface area (Å²) < 4.78 is 5.75. The number of nitrogens with zero attached hydrogens (tertiary/aromatic N) is 2. The Morgan fingerprint density at radius 3 is 2.63 bits per heavy atom. The summed E-state index contributed by atoms with van der Waals surface area (Å²) >= 11 is 0. The number of hydrogen-bond donors (Lipinski definition) is 4. The number of aromatic nitrogens is 1. The smallest absolute Gasteiger partial charge is 0.423 e. The van der Waals surface area contributed by atoms with E-state index in [9.17, 15) is 15.2 Å². The molecule has 1 aromatic heterocycles. The lowest BCUT2D eigenvalue weighted by Crippen LogP contribution is -2.53. The molecule has 1 aliphatic heterocycles. The number of hydrogen-bond acceptors (Lipinski definition) is 7. The van der Waals surface area contributed by atoms with Crippen LogP contribution in [0.15, 0.2) is 42.6 Å². The second-order valence-corrected chi connectivity index (χ2v) is 8.75. The maximum Gasteiger partial charge on any atom is 0.491 e. The van der Waals surface area contributed by atoms with E-state index < -0.39 is 18.3 Å². The highest BCUT2D eigenvalue weighted by Gasteiger charge is 2.39. The van der Waals surface area contributed by atoms with Crippen molar-refractivity contribution in [3.05, 3.63) is 53.9 Å². The van der Waals surface area contributed by atoms with Crippen LogP contribution in [0.3, 0.4) is 0 Å². The van der Waals surface area contributed by atoms with E-state index in [1.54, 1.807) is 46.0 Å². The lowest BCUT2D eigenvalue weighted by atomic mass is 9.75. The van der Waals surface area contributed by atoms with Gasteiger partial charge in [0.25, 0.3) is 0 Å². The van der Waals surface area contributed by atoms with Crippen molar-refractivity contribution in [3.63, 3.8) is 0 Å². The van der Waals surface area contributed by atoms with Crippen molar-refractivity contribution < 1.29 is 19.9 Å². The molecule has 2 aromatic rings. The van der Waals surface area contributed by atoms with E-state index >= 15 is 0 Å². The highest BCUT2D eigenvalue weighted by atomic mass is 16.5. The monoisotopic (exact) mass is 413 g/mol. The summed E-state index contributed by atoms with van der Waals surface area (Å²) in [6.45, 7) is 8.96. The van der Waals surface area contributed by atoms with Crippen molar-refractivity contribution in [1.82, 2.24) is 10.3 Å². The molecule has 0 radical (unpaired) electrons. The standard InChI is InChI=1S/C22H32BN3O4/c1-21(2,28)22(3,4)30-23(29)17-8-9-19(16(13-17)15-27)26-12-11-24-14-20(26)18-7-5-6-10-25-18/h5-10,13,20,24,27-29H,11-12,14-15H2,1-4H3. The van der Waals surface area contributed by atoms with Crippen LogP contribution < -0.4 is 15.7 Å². The first-order valence-electron chi connectivity index (χ1n) is 10.3. The molecule has 8 heteroatoms. The summed E-state index contributed by atoms with van der Waals surface area (Å²) in [7, 11) is -1.22. The fourth-order valence-electron chi connectivity index (χ4n) is 3.49. The highest BCUT2D eigenvalue weighted by molar-refractivity contribution is 6.60. The van der Waals surface area contributed by atoms with E-state index in [0.717, 1.165) is 31.0 Å². The van der Waals surface area contributed by atoms with Crippen molar-refractivity contribution in [2.45, 2.75) is 51.5 Å². The van der Waals surface area contributed by atoms with E-state index in [4.69, 9.17) is 4.65 Å². The first-order valence-corrected chi connectivity index (χ1v) is 10.3. The molecule has 3 rings (SSSR count). The molecule has 0 bridgehead atoms. The van der Waals surface area contributed by atoms with Crippen LogP contribution in [0.2, 0.25) is 0 Å². The second-order valence-electron chi connectivity index (χ2n) is 8.75. The van der Waals surface area contributed by atoms with Gasteiger partial charge in [0.1, 0.15) is 0 Å². The van der Waals surface area contributed by atoms with Crippen LogP contribution >= 0.6 is 0 Å². The molecule has 0 amide bonds. The summed E-state index contributed by atoms with van der Waals surface area (Å²) in [5.41, 5.74) is 1.02. The zero-order valence-corrected chi connectivity index (χ0v) is 18.2. The van der Waals surface area contributed by atoms with Gasteiger partial charge in [0.05, 0.1) is 29.5 Å². The summed E-state index contributed by atoms with van der Waals surface area (Å²) in [5.74, 6) is 0. The van der Waals surface area contributed by atoms with E-state index in [-0.39, 0.29) is 12.6 Å². The predicted octanol–water partition coefficient (Wildman–Crippen LogP) is 0.978. The van der Waals surface area contributed by atoms with Crippen LogP contribution in [0.25, 0.3) is 0 Å². The van der Waals surface area contributed by atoms with E-state index in [0.29, 0.717) is 11.0 Å². The topological polar surface area (TPSA) is 98.1 Å². The first-order chi connectivity index (χ1) is 14.1. The summed E-state index contributed by atoms with van der Waals surface area (Å²) in [5, 5.41) is 34.4. The van der Waals surface area contributed by atoms with Crippen molar-refractivity contribution in [2.75, 3.05) is 24.5 Å². The molecule has 4 N–H and O–H groups in total. The van der Waals surface area contributed by atoms with E-state index in [1.807, 2.05) is 24.3 Å². The SMILES string of the molecule is CC(C)(O)C(C)(C)OB(O)c1ccc(N2CCNCC2c2ccccn2)c(CO)c1. The number of anilines is 1. The summed E-state index contributed by atoms with van der Waals surface area (Å²) in [6, 6.07) is 11.4. The van der Waals surface area contributed by atoms with Gasteiger partial charge in [-0.05, 0) is 51.4 Å². The maximum atomic E-state index is 10.6. The van der Waals surface area contributed by atoms with Gasteiger partial charge in [0.2, 0.25) is 0 Å². The molecule has 0 spiro atoms. The van der Waals surface area contributed by atoms with Crippen LogP contribution in [0.1, 0.15) is 45.0 Å². The Hall–Kier alpha value is -1.97. The molecule has 7 nitrogen and oxygen atoms in total. The van der Waals surface area contributed by atoms with Gasteiger partial charge in [-0.3, -0.25) is 4.98 Å². The van der Waals surface area contributed by atoms with Gasteiger partial charge in [-0.1, -0.05) is 18.2 Å². The Bertz CT molecular complexity index is 842. The highest BCUT2D eigenvalue weighted by Crippen LogP contribution is 2.30. The van der Waals surface area contributed by atoms with Crippen LogP contribution in [-0.2, 0) is 11.3 Å². The Balaban J connectivity index is 1.88. The zero-order chi connectivity index (χ0) is 21.9. The number of aliphatic hydroxyl groups excluding tert-OH is 1. The third-order valence-corrected chi connectivity index (χ3v) is 6.02. The minimum atomic E-state index is -1.22. The van der Waals surface area contributed by atoms with Gasteiger partial charge < -0.3 is 30.1 Å². The first kappa shape index (κ1) is 22.7. The summed E-state index contributed by atoms with van der Waals surface area (Å²) in [6.07, 6.45) is 1.79. The molecule has 1 atom stereocenters. The zero-order valence-electron chi connectivity index (χ0n) is 18.2. The van der Waals surface area contributed by atoms with Crippen molar-refractivity contribution in [1.29, 1.82) is 0 Å². The largest absolute Gasteiger partial charge is 0.491 e. The molecule has 0 saturated carbocycles. The number of rotatable bonds is 7. The molecule has 1 aliphatic rings. The third-order valence-electron chi connectivity index (χ3n) is 6.02. The molecule has 2 heterocycles. The molecule has 1 unspecified atom stereocenters. The molecule has 30 heavy (non-hydrogen) atoms. The number of pyridine rings is 1. The van der Waals surface area contributed by atoms with Crippen LogP contribution in [0.4, 0.5) is 5.69 Å². The Morgan fingerprint density at radius 1 is 1.23 bits per heavy atom. The molecule has 1 saturated heterocycles. The predicted molar refractivity (Wildman–Crippen MR) is 119 cm³/mol. The van der Waals surface area contributed by atoms with Gasteiger partial charge in [-0.15, -0.1) is 0 Å². The van der Waals surface area contributed by atoms with Crippen LogP contribution in [-0.4, -0.2) is 58.2 Å². The van der Waals surface area contributed by atoms with Crippen LogP contribution in [0.5, 0.6) is 0 Å². The van der Waals surface area contributed by atoms with Gasteiger partial charge >= 0.3 is 7.12 Å². The van der Waals surface area contributed by atoms with Gasteiger partial charge in [0.15, 0.2) is 0 Å². The van der Waals surface area contributed by atoms with Crippen LogP contribution in [0, 0.1) is 0 Å². The molecule has 1 aromatic carbocycles. The summed E-state index contributed by atoms with van der Waals surface area (Å²) in [4.78, 5) is 6.75. The fraction of sp³-hybridized carbons (Fsp3) is 0.500. The van der Waals surface area contributed by atoms with Gasteiger partial charge in [0, 0.05) is 37.1 Å². The minimum absolute atomic E-state index is 0.0476. The third kappa shape index (κ3) is 4.84. The van der Waals surface area contributed by atoms with Crippen molar-refractivity contribution in [3.8, 4) is 0 Å². The Kier molecular flexibility index (Phi) is 6.84. The lowest BCUT2D eigenvalue weighted by molar-refractivity contribution is -0.0982. The average Bonchev–Trinajstić information content (AvgIpc) is 2.72. The number of nitrogens with one attached hydrogen (secondary N) is 1. The van der Waals surface area contributed by atoms with Gasteiger partial charge in [-0.2, -0.15) is 0 Å². The number of aliphatic hydroxyl groups is 2. The average molecular weight is 413 g/mol. The quantitative estimate of drug-likeness (QED) is 0.503. The fourth-order valence-corrected chi connectivity index (χ4v) is 3.49. The normalized spacial score (nSPS) is 17.8. The number of piperazine rings is 1. The molecule has 1 fully saturated rings. The molecular weight excluding hydrogens is 381 g/mol. The maximum absolute atomic E-state index is 10.6. The number of benzene rings is 1. The molecule has 162 valence electrons.